The first kappa shape index (κ1) is 15.8. The second-order valence-corrected chi connectivity index (χ2v) is 4.95. The fourth-order valence-electron chi connectivity index (χ4n) is 1.82. The summed E-state index contributed by atoms with van der Waals surface area (Å²) < 4.78 is 27.2. The van der Waals surface area contributed by atoms with Crippen molar-refractivity contribution in [3.8, 4) is 0 Å². The first-order valence-corrected chi connectivity index (χ1v) is 6.66. The molecule has 0 atom stereocenters. The molecule has 0 bridgehead atoms. The average Bonchev–Trinajstić information content (AvgIpc) is 2.95. The normalized spacial score (nSPS) is 11.7. The molecule has 5 nitrogen and oxygen atoms in total. The Labute approximate surface area is 125 Å². The molecule has 0 aromatic carbocycles. The van der Waals surface area contributed by atoms with Crippen LogP contribution in [0.4, 0.5) is 8.78 Å². The summed E-state index contributed by atoms with van der Waals surface area (Å²) in [4.78, 5) is 23.7. The highest BCUT2D eigenvalue weighted by molar-refractivity contribution is 6.06. The van der Waals surface area contributed by atoms with Crippen LogP contribution < -0.4 is 5.56 Å². The maximum atomic E-state index is 12.6. The van der Waals surface area contributed by atoms with Gasteiger partial charge in [0, 0.05) is 24.0 Å². The van der Waals surface area contributed by atoms with Gasteiger partial charge in [-0.15, -0.1) is 0 Å². The van der Waals surface area contributed by atoms with Gasteiger partial charge in [0.05, 0.1) is 11.8 Å². The molecule has 0 spiro atoms. The molecule has 0 saturated heterocycles. The second-order valence-electron chi connectivity index (χ2n) is 4.95. The van der Waals surface area contributed by atoms with Gasteiger partial charge in [-0.3, -0.25) is 18.8 Å². The minimum Gasteiger partial charge on any atom is -0.289 e. The number of ketones is 1. The number of rotatable bonds is 5. The second kappa shape index (κ2) is 6.46. The molecule has 0 aliphatic rings. The summed E-state index contributed by atoms with van der Waals surface area (Å²) in [6.45, 7) is 0.933. The van der Waals surface area contributed by atoms with E-state index in [1.165, 1.54) is 30.5 Å². The van der Waals surface area contributed by atoms with Crippen LogP contribution in [0.3, 0.4) is 0 Å². The van der Waals surface area contributed by atoms with Gasteiger partial charge in [0.2, 0.25) is 0 Å². The summed E-state index contributed by atoms with van der Waals surface area (Å²) in [7, 11) is 0. The zero-order valence-electron chi connectivity index (χ0n) is 12.1. The van der Waals surface area contributed by atoms with E-state index in [1.807, 2.05) is 13.8 Å². The van der Waals surface area contributed by atoms with Crippen LogP contribution >= 0.6 is 0 Å². The third kappa shape index (κ3) is 3.36. The molecule has 7 heteroatoms. The lowest BCUT2D eigenvalue weighted by Gasteiger charge is -2.03. The molecule has 0 amide bonds. The van der Waals surface area contributed by atoms with Crippen molar-refractivity contribution in [2.24, 2.45) is 0 Å². The van der Waals surface area contributed by atoms with E-state index in [4.69, 9.17) is 0 Å². The highest BCUT2D eigenvalue weighted by Gasteiger charge is 2.10. The van der Waals surface area contributed by atoms with Gasteiger partial charge >= 0.3 is 6.55 Å². The van der Waals surface area contributed by atoms with E-state index in [0.29, 0.717) is 10.1 Å². The molecular weight excluding hydrogens is 292 g/mol. The van der Waals surface area contributed by atoms with Crippen LogP contribution in [0.1, 0.15) is 42.4 Å². The van der Waals surface area contributed by atoms with Crippen LogP contribution in [0.25, 0.3) is 6.08 Å². The fourth-order valence-corrected chi connectivity index (χ4v) is 1.82. The Morgan fingerprint density at radius 2 is 2.09 bits per heavy atom. The minimum absolute atomic E-state index is 0.0207. The Hall–Kier alpha value is -2.57. The number of aromatic nitrogens is 3. The van der Waals surface area contributed by atoms with E-state index in [-0.39, 0.29) is 17.4 Å². The lowest BCUT2D eigenvalue weighted by Crippen LogP contribution is -2.21. The largest absolute Gasteiger partial charge is 0.321 e. The maximum Gasteiger partial charge on any atom is 0.321 e. The monoisotopic (exact) mass is 307 g/mol. The number of hydrogen-bond acceptors (Lipinski definition) is 3. The van der Waals surface area contributed by atoms with Gasteiger partial charge in [-0.25, -0.2) is 0 Å². The van der Waals surface area contributed by atoms with Crippen molar-refractivity contribution in [1.82, 2.24) is 14.3 Å². The number of nitrogens with zero attached hydrogens (tertiary/aromatic N) is 3. The van der Waals surface area contributed by atoms with Crippen LogP contribution in [0.2, 0.25) is 0 Å². The first-order valence-electron chi connectivity index (χ1n) is 6.66. The fraction of sp³-hybridized carbons (Fsp3) is 0.267. The summed E-state index contributed by atoms with van der Waals surface area (Å²) in [5.74, 6) is -0.348. The van der Waals surface area contributed by atoms with Gasteiger partial charge in [-0.05, 0) is 38.1 Å². The smallest absolute Gasteiger partial charge is 0.289 e. The molecule has 2 aromatic rings. The summed E-state index contributed by atoms with van der Waals surface area (Å²) in [6.07, 6.45) is 6.43. The van der Waals surface area contributed by atoms with Crippen molar-refractivity contribution in [2.45, 2.75) is 26.4 Å². The molecule has 116 valence electrons. The van der Waals surface area contributed by atoms with Crippen molar-refractivity contribution in [3.05, 3.63) is 58.3 Å². The van der Waals surface area contributed by atoms with Gasteiger partial charge in [-0.2, -0.15) is 13.9 Å². The Morgan fingerprint density at radius 1 is 1.36 bits per heavy atom. The quantitative estimate of drug-likeness (QED) is 0.630. The molecule has 0 unspecified atom stereocenters. The highest BCUT2D eigenvalue weighted by Crippen LogP contribution is 2.09. The van der Waals surface area contributed by atoms with E-state index < -0.39 is 12.1 Å². The number of hydrogen-bond donors (Lipinski definition) is 0. The lowest BCUT2D eigenvalue weighted by atomic mass is 10.2. The van der Waals surface area contributed by atoms with E-state index in [1.54, 1.807) is 10.9 Å². The summed E-state index contributed by atoms with van der Waals surface area (Å²) >= 11 is 0. The summed E-state index contributed by atoms with van der Waals surface area (Å²) in [5.41, 5.74) is -0.457. The number of alkyl halides is 2. The van der Waals surface area contributed by atoms with Crippen LogP contribution in [0.5, 0.6) is 0 Å². The third-order valence-electron chi connectivity index (χ3n) is 3.04. The number of pyridine rings is 1. The molecule has 0 N–H and O–H groups in total. The van der Waals surface area contributed by atoms with Gasteiger partial charge < -0.3 is 0 Å². The van der Waals surface area contributed by atoms with Gasteiger partial charge in [0.1, 0.15) is 0 Å². The van der Waals surface area contributed by atoms with Gasteiger partial charge in [-0.1, -0.05) is 0 Å². The molecule has 22 heavy (non-hydrogen) atoms. The minimum atomic E-state index is -2.92. The Bertz CT molecular complexity index is 760. The Balaban J connectivity index is 2.23. The van der Waals surface area contributed by atoms with Crippen LogP contribution in [0.15, 0.2) is 41.6 Å². The van der Waals surface area contributed by atoms with Crippen molar-refractivity contribution in [1.29, 1.82) is 0 Å². The molecule has 0 aliphatic carbocycles. The Morgan fingerprint density at radius 3 is 2.68 bits per heavy atom. The van der Waals surface area contributed by atoms with E-state index in [0.717, 1.165) is 6.20 Å². The molecule has 0 saturated carbocycles. The molecule has 0 aliphatic heterocycles. The van der Waals surface area contributed by atoms with Crippen LogP contribution in [-0.2, 0) is 0 Å². The molecule has 0 radical (unpaired) electrons. The van der Waals surface area contributed by atoms with Crippen LogP contribution in [-0.4, -0.2) is 20.1 Å². The molecule has 2 aromatic heterocycles. The SMILES string of the molecule is CC(C)n1cc(C(=O)/C=C/c2cccn(C(F)F)c2=O)cn1. The number of halogens is 2. The Kier molecular flexibility index (Phi) is 4.65. The number of carbonyl (C=O) groups is 1. The predicted molar refractivity (Wildman–Crippen MR) is 77.9 cm³/mol. The average molecular weight is 307 g/mol. The summed E-state index contributed by atoms with van der Waals surface area (Å²) in [5, 5.41) is 4.04. The molecular formula is C15H15F2N3O2. The number of carbonyl (C=O) groups excluding carboxylic acids is 1. The highest BCUT2D eigenvalue weighted by atomic mass is 19.3. The lowest BCUT2D eigenvalue weighted by molar-refractivity contribution is 0.0663. The zero-order chi connectivity index (χ0) is 16.3. The molecule has 2 rings (SSSR count). The zero-order valence-corrected chi connectivity index (χ0v) is 12.1. The van der Waals surface area contributed by atoms with Gasteiger partial charge in [0.25, 0.3) is 5.56 Å². The standard InChI is InChI=1S/C15H15F2N3O2/c1-10(2)20-9-12(8-18-20)13(21)6-5-11-4-3-7-19(14(11)22)15(16)17/h3-10,15H,1-2H3/b6-5+. The van der Waals surface area contributed by atoms with E-state index in [2.05, 4.69) is 5.10 Å². The predicted octanol–water partition coefficient (Wildman–Crippen LogP) is 2.92. The maximum absolute atomic E-state index is 12.6. The van der Waals surface area contributed by atoms with Crippen molar-refractivity contribution in [2.75, 3.05) is 0 Å². The third-order valence-corrected chi connectivity index (χ3v) is 3.04. The van der Waals surface area contributed by atoms with Crippen molar-refractivity contribution >= 4 is 11.9 Å². The summed E-state index contributed by atoms with van der Waals surface area (Å²) in [6, 6.07) is 2.83. The van der Waals surface area contributed by atoms with Crippen LogP contribution in [0, 0.1) is 0 Å². The molecule has 2 heterocycles. The number of allylic oxidation sites excluding steroid dienone is 1. The van der Waals surface area contributed by atoms with Crippen molar-refractivity contribution < 1.29 is 13.6 Å². The van der Waals surface area contributed by atoms with Crippen molar-refractivity contribution in [3.63, 3.8) is 0 Å². The topological polar surface area (TPSA) is 56.9 Å². The van der Waals surface area contributed by atoms with Gasteiger partial charge in [0.15, 0.2) is 5.78 Å². The molecule has 0 fully saturated rings. The first-order chi connectivity index (χ1) is 10.4. The van der Waals surface area contributed by atoms with E-state index >= 15 is 0 Å². The van der Waals surface area contributed by atoms with E-state index in [9.17, 15) is 18.4 Å².